The van der Waals surface area contributed by atoms with Gasteiger partial charge in [-0.25, -0.2) is 22.2 Å². The van der Waals surface area contributed by atoms with Gasteiger partial charge in [-0.3, -0.25) is 9.48 Å². The molecule has 2 aromatic heterocycles. The summed E-state index contributed by atoms with van der Waals surface area (Å²) in [6.07, 6.45) is 4.78. The maximum Gasteiger partial charge on any atom is 0.268 e. The van der Waals surface area contributed by atoms with Crippen LogP contribution in [0.4, 0.5) is 4.39 Å². The number of amides is 1. The van der Waals surface area contributed by atoms with Gasteiger partial charge in [-0.1, -0.05) is 12.1 Å². The van der Waals surface area contributed by atoms with E-state index in [4.69, 9.17) is 0 Å². The van der Waals surface area contributed by atoms with E-state index in [-0.39, 0.29) is 16.1 Å². The Hall–Kier alpha value is -3.01. The number of carbonyl (C=O) groups is 1. The van der Waals surface area contributed by atoms with Crippen molar-refractivity contribution in [2.75, 3.05) is 0 Å². The van der Waals surface area contributed by atoms with Crippen LogP contribution in [0.15, 0.2) is 53.9 Å². The van der Waals surface area contributed by atoms with E-state index in [1.807, 2.05) is 4.72 Å². The van der Waals surface area contributed by atoms with Crippen LogP contribution in [0.3, 0.4) is 0 Å². The van der Waals surface area contributed by atoms with Gasteiger partial charge in [0.25, 0.3) is 15.9 Å². The Morgan fingerprint density at radius 2 is 1.92 bits per heavy atom. The van der Waals surface area contributed by atoms with E-state index in [1.54, 1.807) is 13.1 Å². The average Bonchev–Trinajstić information content (AvgIpc) is 3.16. The second kappa shape index (κ2) is 5.89. The van der Waals surface area contributed by atoms with Gasteiger partial charge >= 0.3 is 0 Å². The number of nitrogens with one attached hydrogen (secondary N) is 1. The largest absolute Gasteiger partial charge is 0.274 e. The van der Waals surface area contributed by atoms with Crippen molar-refractivity contribution in [3.05, 3.63) is 60.4 Å². The van der Waals surface area contributed by atoms with Crippen LogP contribution >= 0.6 is 0 Å². The Morgan fingerprint density at radius 1 is 1.17 bits per heavy atom. The number of para-hydroxylation sites is 1. The smallest absolute Gasteiger partial charge is 0.268 e. The minimum absolute atomic E-state index is 0.0225. The van der Waals surface area contributed by atoms with Crippen molar-refractivity contribution in [1.82, 2.24) is 24.3 Å². The molecule has 0 fully saturated rings. The van der Waals surface area contributed by atoms with Crippen LogP contribution in [-0.2, 0) is 17.1 Å². The van der Waals surface area contributed by atoms with Crippen LogP contribution in [0.1, 0.15) is 10.4 Å². The summed E-state index contributed by atoms with van der Waals surface area (Å²) in [5, 5.41) is 7.62. The average molecular weight is 349 g/mol. The number of hydrogen-bond acceptors (Lipinski definition) is 5. The summed E-state index contributed by atoms with van der Waals surface area (Å²) >= 11 is 0. The molecule has 0 aliphatic heterocycles. The SMILES string of the molecule is Cn1cc(S(=O)(=O)NC(=O)c2cnn(-c3ccccc3F)c2)cn1. The Kier molecular flexibility index (Phi) is 3.89. The van der Waals surface area contributed by atoms with Gasteiger partial charge in [0.2, 0.25) is 0 Å². The molecular formula is C14H12FN5O3S. The van der Waals surface area contributed by atoms with Crippen molar-refractivity contribution in [3.8, 4) is 5.69 Å². The first kappa shape index (κ1) is 15.9. The van der Waals surface area contributed by atoms with E-state index in [0.29, 0.717) is 0 Å². The van der Waals surface area contributed by atoms with E-state index in [2.05, 4.69) is 10.2 Å². The van der Waals surface area contributed by atoms with Crippen LogP contribution in [-0.4, -0.2) is 33.9 Å². The molecule has 0 saturated carbocycles. The van der Waals surface area contributed by atoms with E-state index in [9.17, 15) is 17.6 Å². The number of aromatic nitrogens is 4. The van der Waals surface area contributed by atoms with Gasteiger partial charge in [0.15, 0.2) is 0 Å². The predicted octanol–water partition coefficient (Wildman–Crippen LogP) is 0.864. The zero-order valence-corrected chi connectivity index (χ0v) is 13.2. The van der Waals surface area contributed by atoms with Gasteiger partial charge in [0, 0.05) is 19.4 Å². The lowest BCUT2D eigenvalue weighted by atomic mass is 10.3. The second-order valence-electron chi connectivity index (χ2n) is 4.91. The number of halogens is 1. The minimum Gasteiger partial charge on any atom is -0.274 e. The first-order valence-electron chi connectivity index (χ1n) is 6.72. The number of sulfonamides is 1. The third-order valence-corrected chi connectivity index (χ3v) is 4.45. The molecule has 0 aliphatic rings. The molecule has 0 bridgehead atoms. The molecule has 0 unspecified atom stereocenters. The molecular weight excluding hydrogens is 337 g/mol. The third kappa shape index (κ3) is 3.04. The standard InChI is InChI=1S/C14H12FN5O3S/c1-19-9-11(7-16-19)24(22,23)18-14(21)10-6-17-20(8-10)13-5-3-2-4-12(13)15/h2-9H,1H3,(H,18,21). The van der Waals surface area contributed by atoms with Crippen molar-refractivity contribution < 1.29 is 17.6 Å². The van der Waals surface area contributed by atoms with Crippen molar-refractivity contribution in [2.45, 2.75) is 4.90 Å². The predicted molar refractivity (Wildman–Crippen MR) is 81.4 cm³/mol. The zero-order chi connectivity index (χ0) is 17.3. The van der Waals surface area contributed by atoms with E-state index >= 15 is 0 Å². The van der Waals surface area contributed by atoms with Gasteiger partial charge in [0.05, 0.1) is 18.0 Å². The highest BCUT2D eigenvalue weighted by molar-refractivity contribution is 7.90. The lowest BCUT2D eigenvalue weighted by Gasteiger charge is -2.03. The quantitative estimate of drug-likeness (QED) is 0.753. The molecule has 0 spiro atoms. The van der Waals surface area contributed by atoms with Crippen LogP contribution < -0.4 is 4.72 Å². The molecule has 3 rings (SSSR count). The Balaban J connectivity index is 1.83. The van der Waals surface area contributed by atoms with E-state index in [0.717, 1.165) is 17.1 Å². The summed E-state index contributed by atoms with van der Waals surface area (Å²) in [4.78, 5) is 12.0. The monoisotopic (exact) mass is 349 g/mol. The number of nitrogens with zero attached hydrogens (tertiary/aromatic N) is 4. The first-order valence-corrected chi connectivity index (χ1v) is 8.20. The molecule has 0 radical (unpaired) electrons. The van der Waals surface area contributed by atoms with Gasteiger partial charge in [0.1, 0.15) is 16.4 Å². The van der Waals surface area contributed by atoms with Crippen LogP contribution in [0.25, 0.3) is 5.69 Å². The molecule has 1 aromatic carbocycles. The molecule has 1 N–H and O–H groups in total. The highest BCUT2D eigenvalue weighted by Crippen LogP contribution is 2.13. The van der Waals surface area contributed by atoms with Crippen molar-refractivity contribution in [1.29, 1.82) is 0 Å². The Bertz CT molecular complexity index is 1010. The fourth-order valence-electron chi connectivity index (χ4n) is 1.99. The molecule has 3 aromatic rings. The first-order chi connectivity index (χ1) is 11.4. The van der Waals surface area contributed by atoms with Gasteiger partial charge < -0.3 is 0 Å². The highest BCUT2D eigenvalue weighted by Gasteiger charge is 2.21. The number of rotatable bonds is 4. The lowest BCUT2D eigenvalue weighted by Crippen LogP contribution is -2.30. The van der Waals surface area contributed by atoms with E-state index in [1.165, 1.54) is 35.3 Å². The molecule has 10 heteroatoms. The van der Waals surface area contributed by atoms with Gasteiger partial charge in [-0.05, 0) is 12.1 Å². The third-order valence-electron chi connectivity index (χ3n) is 3.16. The summed E-state index contributed by atoms with van der Waals surface area (Å²) in [5.74, 6) is -1.39. The number of carbonyl (C=O) groups excluding carboxylic acids is 1. The molecule has 0 saturated heterocycles. The fraction of sp³-hybridized carbons (Fsp3) is 0.0714. The maximum atomic E-state index is 13.7. The normalized spacial score (nSPS) is 11.4. The highest BCUT2D eigenvalue weighted by atomic mass is 32.2. The summed E-state index contributed by atoms with van der Waals surface area (Å²) in [6.45, 7) is 0. The molecule has 0 atom stereocenters. The van der Waals surface area contributed by atoms with Crippen molar-refractivity contribution >= 4 is 15.9 Å². The molecule has 24 heavy (non-hydrogen) atoms. The molecule has 1 amide bonds. The van der Waals surface area contributed by atoms with E-state index < -0.39 is 21.7 Å². The zero-order valence-electron chi connectivity index (χ0n) is 12.4. The van der Waals surface area contributed by atoms with Crippen molar-refractivity contribution in [3.63, 3.8) is 0 Å². The Morgan fingerprint density at radius 3 is 2.58 bits per heavy atom. The molecule has 2 heterocycles. The summed E-state index contributed by atoms with van der Waals surface area (Å²) in [7, 11) is -2.49. The summed E-state index contributed by atoms with van der Waals surface area (Å²) in [5.41, 5.74) is 0.123. The molecule has 8 nitrogen and oxygen atoms in total. The van der Waals surface area contributed by atoms with Gasteiger partial charge in [-0.15, -0.1) is 0 Å². The van der Waals surface area contributed by atoms with Crippen molar-refractivity contribution in [2.24, 2.45) is 7.05 Å². The number of benzene rings is 1. The summed E-state index contributed by atoms with van der Waals surface area (Å²) < 4.78 is 42.3. The second-order valence-corrected chi connectivity index (χ2v) is 6.59. The maximum absolute atomic E-state index is 13.7. The molecule has 0 aliphatic carbocycles. The number of aryl methyl sites for hydroxylation is 1. The Labute approximate surface area is 136 Å². The fourth-order valence-corrected chi connectivity index (χ4v) is 2.94. The van der Waals surface area contributed by atoms with Crippen LogP contribution in [0, 0.1) is 5.82 Å². The number of hydrogen-bond donors (Lipinski definition) is 1. The summed E-state index contributed by atoms with van der Waals surface area (Å²) in [6, 6.07) is 5.88. The molecule has 124 valence electrons. The van der Waals surface area contributed by atoms with Crippen LogP contribution in [0.2, 0.25) is 0 Å². The van der Waals surface area contributed by atoms with Crippen LogP contribution in [0.5, 0.6) is 0 Å². The van der Waals surface area contributed by atoms with Gasteiger partial charge in [-0.2, -0.15) is 10.2 Å². The topological polar surface area (TPSA) is 98.9 Å². The lowest BCUT2D eigenvalue weighted by molar-refractivity contribution is 0.0981. The minimum atomic E-state index is -4.04.